The third-order valence-electron chi connectivity index (χ3n) is 3.67. The van der Waals surface area contributed by atoms with Crippen molar-refractivity contribution in [1.29, 1.82) is 0 Å². The van der Waals surface area contributed by atoms with E-state index in [-0.39, 0.29) is 28.6 Å². The van der Waals surface area contributed by atoms with Crippen LogP contribution in [-0.4, -0.2) is 6.29 Å². The highest BCUT2D eigenvalue weighted by Crippen LogP contribution is 2.51. The van der Waals surface area contributed by atoms with Crippen molar-refractivity contribution in [1.82, 2.24) is 0 Å². The van der Waals surface area contributed by atoms with Crippen LogP contribution >= 0.6 is 0 Å². The minimum atomic E-state index is -4.58. The van der Waals surface area contributed by atoms with E-state index < -0.39 is 11.7 Å². The van der Waals surface area contributed by atoms with E-state index in [0.29, 0.717) is 17.8 Å². The molecule has 126 valence electrons. The van der Waals surface area contributed by atoms with E-state index in [0.717, 1.165) is 12.1 Å². The summed E-state index contributed by atoms with van der Waals surface area (Å²) in [4.78, 5) is 10.8. The highest BCUT2D eigenvalue weighted by molar-refractivity contribution is 5.77. The van der Waals surface area contributed by atoms with Crippen LogP contribution in [0.4, 0.5) is 13.2 Å². The van der Waals surface area contributed by atoms with Crippen LogP contribution in [0.2, 0.25) is 0 Å². The first-order valence-corrected chi connectivity index (χ1v) is 7.21. The Hall–Kier alpha value is -3.22. The van der Waals surface area contributed by atoms with Crippen molar-refractivity contribution in [3.63, 3.8) is 0 Å². The van der Waals surface area contributed by atoms with Crippen molar-refractivity contribution in [2.75, 3.05) is 0 Å². The van der Waals surface area contributed by atoms with Gasteiger partial charge in [-0.2, -0.15) is 13.2 Å². The Balaban J connectivity index is 1.92. The number of rotatable bonds is 2. The summed E-state index contributed by atoms with van der Waals surface area (Å²) in [5, 5.41) is 0. The summed E-state index contributed by atoms with van der Waals surface area (Å²) in [6.07, 6.45) is -4.11. The maximum Gasteiger partial charge on any atom is 0.416 e. The second kappa shape index (κ2) is 5.41. The van der Waals surface area contributed by atoms with Gasteiger partial charge in [0.15, 0.2) is 35.0 Å². The van der Waals surface area contributed by atoms with Crippen molar-refractivity contribution in [3.05, 3.63) is 59.9 Å². The number of ether oxygens (including phenoxy) is 2. The van der Waals surface area contributed by atoms with Gasteiger partial charge >= 0.3 is 6.18 Å². The Bertz CT molecular complexity index is 973. The molecule has 1 aliphatic heterocycles. The topological polar surface area (TPSA) is 48.7 Å². The molecule has 0 N–H and O–H groups in total. The molecule has 0 saturated carbocycles. The smallest absolute Gasteiger partial charge is 0.416 e. The van der Waals surface area contributed by atoms with E-state index >= 15 is 0 Å². The van der Waals surface area contributed by atoms with E-state index in [1.807, 2.05) is 0 Å². The van der Waals surface area contributed by atoms with Gasteiger partial charge in [0, 0.05) is 0 Å². The third-order valence-corrected chi connectivity index (χ3v) is 3.67. The summed E-state index contributed by atoms with van der Waals surface area (Å²) in [7, 11) is 0. The number of furan rings is 1. The molecule has 4 nitrogen and oxygen atoms in total. The zero-order valence-corrected chi connectivity index (χ0v) is 12.5. The molecule has 0 radical (unpaired) electrons. The molecule has 0 bridgehead atoms. The average molecular weight is 346 g/mol. The fraction of sp³-hybridized carbons (Fsp3) is 0.0556. The molecule has 0 spiro atoms. The lowest BCUT2D eigenvalue weighted by Gasteiger charge is -2.23. The largest absolute Gasteiger partial charge is 0.453 e. The maximum atomic E-state index is 13.2. The quantitative estimate of drug-likeness (QED) is 0.438. The highest BCUT2D eigenvalue weighted by Gasteiger charge is 2.35. The van der Waals surface area contributed by atoms with Gasteiger partial charge in [0.25, 0.3) is 0 Å². The van der Waals surface area contributed by atoms with Crippen molar-refractivity contribution in [3.8, 4) is 34.3 Å². The molecule has 25 heavy (non-hydrogen) atoms. The Morgan fingerprint density at radius 1 is 0.880 bits per heavy atom. The van der Waals surface area contributed by atoms with Crippen LogP contribution in [0.25, 0.3) is 11.3 Å². The van der Waals surface area contributed by atoms with Gasteiger partial charge in [-0.3, -0.25) is 4.79 Å². The van der Waals surface area contributed by atoms with Crippen LogP contribution in [0.3, 0.4) is 0 Å². The molecule has 0 fully saturated rings. The SMILES string of the molecule is O=Cc1ccc(-c2cc(C(F)(F)F)cc3c2Oc2ccccc2O3)o1. The van der Waals surface area contributed by atoms with E-state index in [4.69, 9.17) is 13.9 Å². The Kier molecular flexibility index (Phi) is 3.31. The molecule has 4 rings (SSSR count). The fourth-order valence-corrected chi connectivity index (χ4v) is 2.54. The number of fused-ring (bicyclic) bond motifs is 2. The average Bonchev–Trinajstić information content (AvgIpc) is 3.07. The number of para-hydroxylation sites is 2. The Morgan fingerprint density at radius 2 is 1.60 bits per heavy atom. The molecular weight excluding hydrogens is 337 g/mol. The zero-order valence-electron chi connectivity index (χ0n) is 12.5. The van der Waals surface area contributed by atoms with Crippen LogP contribution in [0.1, 0.15) is 16.1 Å². The van der Waals surface area contributed by atoms with Crippen LogP contribution in [0.5, 0.6) is 23.0 Å². The second-order valence-electron chi connectivity index (χ2n) is 5.32. The van der Waals surface area contributed by atoms with Crippen molar-refractivity contribution in [2.24, 2.45) is 0 Å². The standard InChI is InChI=1S/C18H9F3O4/c19-18(20,21)10-7-12(13-6-5-11(9-22)23-13)17-16(8-10)24-14-3-1-2-4-15(14)25-17/h1-9H. The number of halogens is 3. The van der Waals surface area contributed by atoms with Gasteiger partial charge in [-0.25, -0.2) is 0 Å². The first-order valence-electron chi connectivity index (χ1n) is 7.21. The molecule has 1 aromatic heterocycles. The van der Waals surface area contributed by atoms with Gasteiger partial charge in [-0.15, -0.1) is 0 Å². The summed E-state index contributed by atoms with van der Waals surface area (Å²) in [5.74, 6) is 0.781. The molecule has 0 unspecified atom stereocenters. The summed E-state index contributed by atoms with van der Waals surface area (Å²) >= 11 is 0. The lowest BCUT2D eigenvalue weighted by Crippen LogP contribution is -2.08. The number of hydrogen-bond donors (Lipinski definition) is 0. The second-order valence-corrected chi connectivity index (χ2v) is 5.32. The molecule has 3 aromatic rings. The van der Waals surface area contributed by atoms with Crippen LogP contribution < -0.4 is 9.47 Å². The molecule has 0 amide bonds. The van der Waals surface area contributed by atoms with Crippen LogP contribution in [0.15, 0.2) is 52.9 Å². The van der Waals surface area contributed by atoms with Gasteiger partial charge in [-0.1, -0.05) is 12.1 Å². The Labute approximate surface area is 139 Å². The van der Waals surface area contributed by atoms with E-state index in [1.165, 1.54) is 12.1 Å². The number of carbonyl (C=O) groups is 1. The predicted molar refractivity (Wildman–Crippen MR) is 81.1 cm³/mol. The summed E-state index contributed by atoms with van der Waals surface area (Å²) < 4.78 is 56.3. The summed E-state index contributed by atoms with van der Waals surface area (Å²) in [6, 6.07) is 11.2. The van der Waals surface area contributed by atoms with E-state index in [1.54, 1.807) is 24.3 Å². The first kappa shape index (κ1) is 15.3. The normalized spacial score (nSPS) is 12.6. The fourth-order valence-electron chi connectivity index (χ4n) is 2.54. The Morgan fingerprint density at radius 3 is 2.24 bits per heavy atom. The lowest BCUT2D eigenvalue weighted by atomic mass is 10.1. The molecule has 1 aliphatic rings. The van der Waals surface area contributed by atoms with Crippen LogP contribution in [-0.2, 0) is 6.18 Å². The van der Waals surface area contributed by atoms with Crippen LogP contribution in [0, 0.1) is 0 Å². The molecule has 0 aliphatic carbocycles. The molecule has 2 heterocycles. The monoisotopic (exact) mass is 346 g/mol. The van der Waals surface area contributed by atoms with Crippen molar-refractivity contribution in [2.45, 2.75) is 6.18 Å². The first-order chi connectivity index (χ1) is 12.0. The van der Waals surface area contributed by atoms with E-state index in [9.17, 15) is 18.0 Å². The minimum absolute atomic E-state index is 0.00158. The number of benzene rings is 2. The summed E-state index contributed by atoms with van der Waals surface area (Å²) in [6.45, 7) is 0. The van der Waals surface area contributed by atoms with Crippen molar-refractivity contribution >= 4 is 6.29 Å². The zero-order chi connectivity index (χ0) is 17.6. The number of aldehydes is 1. The molecule has 7 heteroatoms. The highest BCUT2D eigenvalue weighted by atomic mass is 19.4. The number of alkyl halides is 3. The van der Waals surface area contributed by atoms with Gasteiger partial charge in [-0.05, 0) is 36.4 Å². The summed E-state index contributed by atoms with van der Waals surface area (Å²) in [5.41, 5.74) is -0.860. The number of hydrogen-bond acceptors (Lipinski definition) is 4. The molecular formula is C18H9F3O4. The third kappa shape index (κ3) is 2.63. The van der Waals surface area contributed by atoms with Gasteiger partial charge < -0.3 is 13.9 Å². The van der Waals surface area contributed by atoms with Crippen molar-refractivity contribution < 1.29 is 31.9 Å². The molecule has 0 saturated heterocycles. The van der Waals surface area contributed by atoms with Gasteiger partial charge in [0.05, 0.1) is 11.1 Å². The molecule has 0 atom stereocenters. The minimum Gasteiger partial charge on any atom is -0.453 e. The maximum absolute atomic E-state index is 13.2. The molecule has 2 aromatic carbocycles. The van der Waals surface area contributed by atoms with Gasteiger partial charge in [0.2, 0.25) is 0 Å². The van der Waals surface area contributed by atoms with E-state index in [2.05, 4.69) is 0 Å². The number of carbonyl (C=O) groups excluding carboxylic acids is 1. The predicted octanol–water partition coefficient (Wildman–Crippen LogP) is 5.68. The lowest BCUT2D eigenvalue weighted by molar-refractivity contribution is -0.137. The van der Waals surface area contributed by atoms with Gasteiger partial charge in [0.1, 0.15) is 5.76 Å².